The van der Waals surface area contributed by atoms with Gasteiger partial charge in [0.05, 0.1) is 12.6 Å². The van der Waals surface area contributed by atoms with Crippen molar-refractivity contribution in [1.29, 1.82) is 5.26 Å². The number of nitriles is 1. The summed E-state index contributed by atoms with van der Waals surface area (Å²) in [7, 11) is 0. The zero-order chi connectivity index (χ0) is 8.10. The molecule has 0 saturated heterocycles. The van der Waals surface area contributed by atoms with Gasteiger partial charge in [-0.2, -0.15) is 5.26 Å². The highest BCUT2D eigenvalue weighted by molar-refractivity contribution is 4.80. The van der Waals surface area contributed by atoms with Crippen LogP contribution in [0.2, 0.25) is 0 Å². The second-order valence-electron chi connectivity index (χ2n) is 3.28. The van der Waals surface area contributed by atoms with E-state index in [1.807, 2.05) is 0 Å². The first-order valence-electron chi connectivity index (χ1n) is 4.46. The van der Waals surface area contributed by atoms with Crippen LogP contribution in [-0.2, 0) is 0 Å². The molecule has 0 aliphatic heterocycles. The normalized spacial score (nSPS) is 17.9. The number of hydrogen-bond acceptors (Lipinski definition) is 2. The quantitative estimate of drug-likeness (QED) is 0.572. The van der Waals surface area contributed by atoms with Gasteiger partial charge < -0.3 is 0 Å². The van der Waals surface area contributed by atoms with Crippen molar-refractivity contribution in [3.05, 3.63) is 0 Å². The maximum absolute atomic E-state index is 8.48. The number of rotatable bonds is 4. The summed E-state index contributed by atoms with van der Waals surface area (Å²) in [5.41, 5.74) is 0. The molecule has 0 bridgehead atoms. The van der Waals surface area contributed by atoms with Crippen molar-refractivity contribution in [3.8, 4) is 6.07 Å². The van der Waals surface area contributed by atoms with Crippen LogP contribution in [0.15, 0.2) is 0 Å². The first kappa shape index (κ1) is 8.55. The van der Waals surface area contributed by atoms with Gasteiger partial charge in [-0.3, -0.25) is 4.90 Å². The molecule has 0 atom stereocenters. The van der Waals surface area contributed by atoms with E-state index in [4.69, 9.17) is 5.26 Å². The average Bonchev–Trinajstić information content (AvgIpc) is 1.94. The molecule has 1 saturated carbocycles. The van der Waals surface area contributed by atoms with Crippen LogP contribution in [0, 0.1) is 17.2 Å². The molecule has 0 unspecified atom stereocenters. The molecule has 1 aliphatic carbocycles. The minimum atomic E-state index is 0.604. The van der Waals surface area contributed by atoms with Gasteiger partial charge in [-0.05, 0) is 25.3 Å². The Labute approximate surface area is 68.8 Å². The zero-order valence-corrected chi connectivity index (χ0v) is 7.21. The number of nitrogens with zero attached hydrogens (tertiary/aromatic N) is 2. The molecule has 0 radical (unpaired) electrons. The molecule has 0 aromatic carbocycles. The van der Waals surface area contributed by atoms with Crippen LogP contribution in [0.3, 0.4) is 0 Å². The molecule has 0 aromatic heterocycles. The summed E-state index contributed by atoms with van der Waals surface area (Å²) >= 11 is 0. The molecular formula is C9H16N2. The summed E-state index contributed by atoms with van der Waals surface area (Å²) in [6, 6.07) is 2.20. The SMILES string of the molecule is CCN(CC#N)CC1CCC1. The molecule has 1 rings (SSSR count). The van der Waals surface area contributed by atoms with Crippen LogP contribution in [0.5, 0.6) is 0 Å². The summed E-state index contributed by atoms with van der Waals surface area (Å²) < 4.78 is 0. The molecule has 0 spiro atoms. The topological polar surface area (TPSA) is 27.0 Å². The van der Waals surface area contributed by atoms with Gasteiger partial charge in [0.15, 0.2) is 0 Å². The second-order valence-corrected chi connectivity index (χ2v) is 3.28. The molecule has 1 fully saturated rings. The molecule has 0 aromatic rings. The fraction of sp³-hybridized carbons (Fsp3) is 0.889. The van der Waals surface area contributed by atoms with Gasteiger partial charge in [-0.1, -0.05) is 13.3 Å². The molecule has 2 nitrogen and oxygen atoms in total. The van der Waals surface area contributed by atoms with Crippen molar-refractivity contribution < 1.29 is 0 Å². The molecule has 1 aliphatic rings. The molecule has 0 N–H and O–H groups in total. The smallest absolute Gasteiger partial charge is 0.0865 e. The molecule has 0 amide bonds. The van der Waals surface area contributed by atoms with E-state index in [1.165, 1.54) is 19.3 Å². The Morgan fingerprint density at radius 2 is 2.27 bits per heavy atom. The van der Waals surface area contributed by atoms with Crippen molar-refractivity contribution in [3.63, 3.8) is 0 Å². The van der Waals surface area contributed by atoms with E-state index in [2.05, 4.69) is 17.9 Å². The second kappa shape index (κ2) is 4.35. The van der Waals surface area contributed by atoms with Gasteiger partial charge in [0, 0.05) is 6.54 Å². The predicted molar refractivity (Wildman–Crippen MR) is 45.1 cm³/mol. The van der Waals surface area contributed by atoms with Crippen LogP contribution >= 0.6 is 0 Å². The van der Waals surface area contributed by atoms with Gasteiger partial charge in [0.25, 0.3) is 0 Å². The first-order valence-corrected chi connectivity index (χ1v) is 4.46. The van der Waals surface area contributed by atoms with Crippen molar-refractivity contribution in [1.82, 2.24) is 4.90 Å². The molecular weight excluding hydrogens is 136 g/mol. The average molecular weight is 152 g/mol. The van der Waals surface area contributed by atoms with Crippen molar-refractivity contribution in [2.45, 2.75) is 26.2 Å². The Morgan fingerprint density at radius 3 is 2.64 bits per heavy atom. The maximum atomic E-state index is 8.48. The van der Waals surface area contributed by atoms with Gasteiger partial charge in [0.1, 0.15) is 0 Å². The highest BCUT2D eigenvalue weighted by atomic mass is 15.1. The van der Waals surface area contributed by atoms with Crippen LogP contribution in [-0.4, -0.2) is 24.5 Å². The fourth-order valence-corrected chi connectivity index (χ4v) is 1.45. The van der Waals surface area contributed by atoms with Crippen LogP contribution in [0.1, 0.15) is 26.2 Å². The summed E-state index contributed by atoms with van der Waals surface area (Å²) in [4.78, 5) is 2.23. The summed E-state index contributed by atoms with van der Waals surface area (Å²) in [6.45, 7) is 4.89. The summed E-state index contributed by atoms with van der Waals surface area (Å²) in [5.74, 6) is 0.892. The minimum absolute atomic E-state index is 0.604. The van der Waals surface area contributed by atoms with Gasteiger partial charge in [-0.15, -0.1) is 0 Å². The van der Waals surface area contributed by atoms with E-state index in [0.717, 1.165) is 19.0 Å². The Morgan fingerprint density at radius 1 is 1.55 bits per heavy atom. The highest BCUT2D eigenvalue weighted by Crippen LogP contribution is 2.26. The van der Waals surface area contributed by atoms with E-state index in [0.29, 0.717) is 6.54 Å². The zero-order valence-electron chi connectivity index (χ0n) is 7.21. The standard InChI is InChI=1S/C9H16N2/c1-2-11(7-6-10)8-9-4-3-5-9/h9H,2-5,7-8H2,1H3. The Kier molecular flexibility index (Phi) is 3.38. The maximum Gasteiger partial charge on any atom is 0.0865 e. The molecule has 0 heterocycles. The molecule has 62 valence electrons. The summed E-state index contributed by atoms with van der Waals surface area (Å²) in [5, 5.41) is 8.48. The van der Waals surface area contributed by atoms with Crippen LogP contribution in [0.4, 0.5) is 0 Å². The van der Waals surface area contributed by atoms with Crippen molar-refractivity contribution in [2.24, 2.45) is 5.92 Å². The van der Waals surface area contributed by atoms with Crippen molar-refractivity contribution >= 4 is 0 Å². The van der Waals surface area contributed by atoms with E-state index in [9.17, 15) is 0 Å². The van der Waals surface area contributed by atoms with E-state index < -0.39 is 0 Å². The van der Waals surface area contributed by atoms with Crippen molar-refractivity contribution in [2.75, 3.05) is 19.6 Å². The predicted octanol–water partition coefficient (Wildman–Crippen LogP) is 1.63. The summed E-state index contributed by atoms with van der Waals surface area (Å²) in [6.07, 6.45) is 4.15. The highest BCUT2D eigenvalue weighted by Gasteiger charge is 2.19. The molecule has 11 heavy (non-hydrogen) atoms. The Hall–Kier alpha value is -0.550. The third kappa shape index (κ3) is 2.51. The third-order valence-electron chi connectivity index (χ3n) is 2.48. The van der Waals surface area contributed by atoms with Crippen LogP contribution < -0.4 is 0 Å². The van der Waals surface area contributed by atoms with E-state index in [-0.39, 0.29) is 0 Å². The lowest BCUT2D eigenvalue weighted by molar-refractivity contribution is 0.199. The van der Waals surface area contributed by atoms with Gasteiger partial charge in [-0.25, -0.2) is 0 Å². The van der Waals surface area contributed by atoms with Crippen LogP contribution in [0.25, 0.3) is 0 Å². The molecule has 2 heteroatoms. The van der Waals surface area contributed by atoms with E-state index in [1.54, 1.807) is 0 Å². The van der Waals surface area contributed by atoms with Gasteiger partial charge in [0.2, 0.25) is 0 Å². The van der Waals surface area contributed by atoms with E-state index >= 15 is 0 Å². The lowest BCUT2D eigenvalue weighted by atomic mass is 9.85. The largest absolute Gasteiger partial charge is 0.291 e. The lowest BCUT2D eigenvalue weighted by Gasteiger charge is -2.30. The first-order chi connectivity index (χ1) is 5.36. The Balaban J connectivity index is 2.14. The lowest BCUT2D eigenvalue weighted by Crippen LogP contribution is -2.32. The minimum Gasteiger partial charge on any atom is -0.291 e. The Bertz CT molecular complexity index is 144. The monoisotopic (exact) mass is 152 g/mol. The fourth-order valence-electron chi connectivity index (χ4n) is 1.45. The van der Waals surface area contributed by atoms with Gasteiger partial charge >= 0.3 is 0 Å². The third-order valence-corrected chi connectivity index (χ3v) is 2.48. The number of hydrogen-bond donors (Lipinski definition) is 0.